The van der Waals surface area contributed by atoms with Gasteiger partial charge in [0.1, 0.15) is 4.90 Å². The summed E-state index contributed by atoms with van der Waals surface area (Å²) in [5.74, 6) is -1.48. The first-order valence-electron chi connectivity index (χ1n) is 5.59. The van der Waals surface area contributed by atoms with Crippen molar-refractivity contribution in [2.75, 3.05) is 4.72 Å². The van der Waals surface area contributed by atoms with E-state index in [9.17, 15) is 18.3 Å². The minimum atomic E-state index is -4.00. The van der Waals surface area contributed by atoms with Crippen LogP contribution in [0.2, 0.25) is 5.02 Å². The third-order valence-electron chi connectivity index (χ3n) is 2.55. The molecule has 110 valence electrons. The molecule has 2 rings (SSSR count). The second-order valence-electron chi connectivity index (χ2n) is 4.05. The average molecular weight is 429 g/mol. The third-order valence-corrected chi connectivity index (χ3v) is 4.94. The van der Waals surface area contributed by atoms with E-state index in [4.69, 9.17) is 11.6 Å². The predicted octanol–water partition coefficient (Wildman–Crippen LogP) is -0.729. The van der Waals surface area contributed by atoms with E-state index >= 15 is 0 Å². The minimum absolute atomic E-state index is 0. The van der Waals surface area contributed by atoms with E-state index in [1.807, 2.05) is 0 Å². The molecule has 0 bridgehead atoms. The van der Waals surface area contributed by atoms with E-state index in [0.29, 0.717) is 5.69 Å². The van der Waals surface area contributed by atoms with Gasteiger partial charge in [-0.3, -0.25) is 4.72 Å². The van der Waals surface area contributed by atoms with Gasteiger partial charge in [-0.15, -0.1) is 0 Å². The summed E-state index contributed by atoms with van der Waals surface area (Å²) in [6.07, 6.45) is 0. The van der Waals surface area contributed by atoms with E-state index in [2.05, 4.69) is 20.7 Å². The molecule has 5 nitrogen and oxygen atoms in total. The number of carboxylic acids is 1. The summed E-state index contributed by atoms with van der Waals surface area (Å²) in [5, 5.41) is 10.7. The van der Waals surface area contributed by atoms with Crippen molar-refractivity contribution in [2.24, 2.45) is 0 Å². The summed E-state index contributed by atoms with van der Waals surface area (Å²) in [6.45, 7) is 0. The van der Waals surface area contributed by atoms with Crippen molar-refractivity contribution in [3.05, 3.63) is 57.5 Å². The molecule has 0 spiro atoms. The van der Waals surface area contributed by atoms with Crippen LogP contribution in [0, 0.1) is 0 Å². The number of hydrogen-bond acceptors (Lipinski definition) is 4. The third kappa shape index (κ3) is 5.03. The van der Waals surface area contributed by atoms with Gasteiger partial charge in [0.05, 0.1) is 11.0 Å². The Labute approximate surface area is 183 Å². The minimum Gasteiger partial charge on any atom is -0.545 e. The number of carbonyl (C=O) groups is 1. The summed E-state index contributed by atoms with van der Waals surface area (Å²) in [4.78, 5) is 10.5. The number of aromatic carboxylic acids is 1. The molecule has 0 radical (unpaired) electrons. The fourth-order valence-corrected chi connectivity index (χ4v) is 3.41. The topological polar surface area (TPSA) is 86.3 Å². The molecular formula is C13H8BrClKNO4S. The van der Waals surface area contributed by atoms with Crippen molar-refractivity contribution in [3.8, 4) is 0 Å². The first-order valence-corrected chi connectivity index (χ1v) is 8.24. The summed E-state index contributed by atoms with van der Waals surface area (Å²) in [5.41, 5.74) is 0.0590. The molecule has 0 fully saturated rings. The molecule has 0 saturated heterocycles. The van der Waals surface area contributed by atoms with E-state index in [-0.39, 0.29) is 66.9 Å². The van der Waals surface area contributed by atoms with Crippen molar-refractivity contribution in [3.63, 3.8) is 0 Å². The van der Waals surface area contributed by atoms with Crippen molar-refractivity contribution < 1.29 is 69.7 Å². The molecule has 0 aliphatic rings. The number of carboxylic acid groups (broad SMARTS) is 1. The molecule has 2 aromatic carbocycles. The number of rotatable bonds is 4. The molecular weight excluding hydrogens is 421 g/mol. The maximum Gasteiger partial charge on any atom is 1.00 e. The summed E-state index contributed by atoms with van der Waals surface area (Å²) in [7, 11) is -4.00. The number of nitrogens with one attached hydrogen (secondary N) is 1. The molecule has 9 heteroatoms. The quantitative estimate of drug-likeness (QED) is 0.651. The Kier molecular flexibility index (Phi) is 7.54. The Hall–Kier alpha value is 0.0664. The molecule has 1 N–H and O–H groups in total. The van der Waals surface area contributed by atoms with Crippen LogP contribution in [-0.4, -0.2) is 14.4 Å². The normalized spacial score (nSPS) is 10.6. The number of benzene rings is 2. The molecule has 0 unspecified atom stereocenters. The fraction of sp³-hybridized carbons (Fsp3) is 0. The fourth-order valence-electron chi connectivity index (χ4n) is 1.56. The summed E-state index contributed by atoms with van der Waals surface area (Å²) in [6, 6.07) is 9.77. The number of carbonyl (C=O) groups excluding carboxylic acids is 1. The largest absolute Gasteiger partial charge is 1.00 e. The molecule has 0 saturated carbocycles. The second-order valence-corrected chi connectivity index (χ2v) is 7.02. The Morgan fingerprint density at radius 3 is 2.27 bits per heavy atom. The van der Waals surface area contributed by atoms with Gasteiger partial charge in [0, 0.05) is 10.2 Å². The van der Waals surface area contributed by atoms with Crippen molar-refractivity contribution in [1.82, 2.24) is 0 Å². The molecule has 0 atom stereocenters. The van der Waals surface area contributed by atoms with E-state index in [0.717, 1.165) is 10.5 Å². The van der Waals surface area contributed by atoms with Gasteiger partial charge in [0.25, 0.3) is 10.0 Å². The number of halogens is 2. The zero-order chi connectivity index (χ0) is 15.6. The van der Waals surface area contributed by atoms with Gasteiger partial charge in [-0.1, -0.05) is 33.6 Å². The number of anilines is 1. The maximum atomic E-state index is 12.3. The SMILES string of the molecule is O=C([O-])c1ccc(Cl)c(S(=O)(=O)Nc2ccc(Br)cc2)c1.[K+]. The first kappa shape index (κ1) is 20.1. The van der Waals surface area contributed by atoms with Gasteiger partial charge in [0.2, 0.25) is 0 Å². The van der Waals surface area contributed by atoms with Gasteiger partial charge in [-0.2, -0.15) is 0 Å². The van der Waals surface area contributed by atoms with Crippen LogP contribution in [0.5, 0.6) is 0 Å². The van der Waals surface area contributed by atoms with Crippen LogP contribution in [0.4, 0.5) is 5.69 Å². The van der Waals surface area contributed by atoms with Crippen molar-refractivity contribution in [1.29, 1.82) is 0 Å². The second kappa shape index (κ2) is 8.25. The molecule has 2 aromatic rings. The Balaban J connectivity index is 0.00000242. The van der Waals surface area contributed by atoms with E-state index in [1.54, 1.807) is 24.3 Å². The van der Waals surface area contributed by atoms with E-state index in [1.165, 1.54) is 12.1 Å². The Morgan fingerprint density at radius 1 is 1.14 bits per heavy atom. The summed E-state index contributed by atoms with van der Waals surface area (Å²) < 4.78 is 27.6. The van der Waals surface area contributed by atoms with Crippen molar-refractivity contribution >= 4 is 49.2 Å². The van der Waals surface area contributed by atoms with Crippen LogP contribution < -0.4 is 61.2 Å². The van der Waals surface area contributed by atoms with Crippen LogP contribution in [0.15, 0.2) is 51.8 Å². The number of sulfonamides is 1. The maximum absolute atomic E-state index is 12.3. The van der Waals surface area contributed by atoms with Crippen LogP contribution >= 0.6 is 27.5 Å². The van der Waals surface area contributed by atoms with Crippen LogP contribution in [0.25, 0.3) is 0 Å². The predicted molar refractivity (Wildman–Crippen MR) is 80.7 cm³/mol. The molecule has 0 heterocycles. The zero-order valence-corrected chi connectivity index (χ0v) is 17.6. The van der Waals surface area contributed by atoms with Gasteiger partial charge >= 0.3 is 51.4 Å². The zero-order valence-electron chi connectivity index (χ0n) is 11.3. The monoisotopic (exact) mass is 427 g/mol. The van der Waals surface area contributed by atoms with Gasteiger partial charge in [-0.05, 0) is 42.0 Å². The van der Waals surface area contributed by atoms with Crippen LogP contribution in [-0.2, 0) is 10.0 Å². The van der Waals surface area contributed by atoms with Gasteiger partial charge in [-0.25, -0.2) is 8.42 Å². The molecule has 0 aliphatic heterocycles. The van der Waals surface area contributed by atoms with Crippen LogP contribution in [0.3, 0.4) is 0 Å². The van der Waals surface area contributed by atoms with Gasteiger partial charge < -0.3 is 9.90 Å². The molecule has 0 aromatic heterocycles. The van der Waals surface area contributed by atoms with Crippen LogP contribution in [0.1, 0.15) is 10.4 Å². The average Bonchev–Trinajstić information content (AvgIpc) is 2.41. The smallest absolute Gasteiger partial charge is 0.545 e. The van der Waals surface area contributed by atoms with E-state index < -0.39 is 16.0 Å². The number of hydrogen-bond donors (Lipinski definition) is 1. The molecule has 0 amide bonds. The Morgan fingerprint density at radius 2 is 1.73 bits per heavy atom. The van der Waals surface area contributed by atoms with Crippen molar-refractivity contribution in [2.45, 2.75) is 4.90 Å². The molecule has 0 aliphatic carbocycles. The standard InChI is InChI=1S/C13H9BrClNO4S.K/c14-9-2-4-10(5-3-9)16-21(19,20)12-7-8(13(17)18)1-6-11(12)15;/h1-7,16H,(H,17,18);/q;+1/p-1. The first-order chi connectivity index (χ1) is 9.79. The van der Waals surface area contributed by atoms with Gasteiger partial charge in [0.15, 0.2) is 0 Å². The Bertz CT molecular complexity index is 796. The molecule has 22 heavy (non-hydrogen) atoms. The summed E-state index contributed by atoms with van der Waals surface area (Å²) >= 11 is 9.07.